The average molecular weight is 473 g/mol. The third-order valence-corrected chi connectivity index (χ3v) is 7.16. The second kappa shape index (κ2) is 13.5. The van der Waals surface area contributed by atoms with Crippen LogP contribution >= 0.6 is 0 Å². The molecule has 1 N–H and O–H groups in total. The first kappa shape index (κ1) is 30.5. The van der Waals surface area contributed by atoms with E-state index in [0.717, 1.165) is 45.1 Å². The van der Waals surface area contributed by atoms with E-state index in [2.05, 4.69) is 13.8 Å². The van der Waals surface area contributed by atoms with Crippen molar-refractivity contribution in [2.75, 3.05) is 13.2 Å². The van der Waals surface area contributed by atoms with Crippen LogP contribution in [0.25, 0.3) is 0 Å². The van der Waals surface area contributed by atoms with Crippen LogP contribution in [0.5, 0.6) is 0 Å². The second-order valence-electron chi connectivity index (χ2n) is 10.9. The minimum absolute atomic E-state index is 0. The zero-order valence-corrected chi connectivity index (χ0v) is 21.5. The molecule has 0 bridgehead atoms. The van der Waals surface area contributed by atoms with Gasteiger partial charge in [0, 0.05) is 12.5 Å². The van der Waals surface area contributed by atoms with Crippen LogP contribution in [0.2, 0.25) is 0 Å². The fourth-order valence-electron chi connectivity index (χ4n) is 5.08. The van der Waals surface area contributed by atoms with E-state index >= 15 is 0 Å². The molecule has 0 aromatic carbocycles. The molecule has 0 spiro atoms. The van der Waals surface area contributed by atoms with Gasteiger partial charge in [-0.2, -0.15) is 0 Å². The molecule has 0 radical (unpaired) electrons. The van der Waals surface area contributed by atoms with Gasteiger partial charge in [0.25, 0.3) is 0 Å². The van der Waals surface area contributed by atoms with E-state index in [4.69, 9.17) is 18.9 Å². The van der Waals surface area contributed by atoms with E-state index in [-0.39, 0.29) is 49.6 Å². The standard InChI is InChI=1S/C26H48O6.CH4/c1-8-20(24(28)25(4,5)21-15-17-30-26(6,7)32-21)23(18(2)12-11-13-19(3)27)31-22-14-9-10-16-29-22;/h18-23,27H,8-17H2,1-7H3;1H4/t18-,19?,20+,21-,22?,23?;/m0./s1. The average Bonchev–Trinajstić information content (AvgIpc) is 2.73. The van der Waals surface area contributed by atoms with Crippen LogP contribution in [0.4, 0.5) is 0 Å². The topological polar surface area (TPSA) is 74.2 Å². The number of hydrogen-bond donors (Lipinski definition) is 1. The van der Waals surface area contributed by atoms with Gasteiger partial charge in [0.2, 0.25) is 0 Å². The Morgan fingerprint density at radius 3 is 2.39 bits per heavy atom. The summed E-state index contributed by atoms with van der Waals surface area (Å²) in [4.78, 5) is 14.0. The predicted molar refractivity (Wildman–Crippen MR) is 132 cm³/mol. The highest BCUT2D eigenvalue weighted by atomic mass is 16.7. The van der Waals surface area contributed by atoms with Gasteiger partial charge in [0.05, 0.1) is 30.3 Å². The summed E-state index contributed by atoms with van der Waals surface area (Å²) >= 11 is 0. The number of aliphatic hydroxyl groups excluding tert-OH is 1. The lowest BCUT2D eigenvalue weighted by molar-refractivity contribution is -0.289. The summed E-state index contributed by atoms with van der Waals surface area (Å²) in [7, 11) is 0. The minimum Gasteiger partial charge on any atom is -0.393 e. The third-order valence-electron chi connectivity index (χ3n) is 7.16. The van der Waals surface area contributed by atoms with Gasteiger partial charge in [-0.05, 0) is 71.6 Å². The fourth-order valence-corrected chi connectivity index (χ4v) is 5.08. The van der Waals surface area contributed by atoms with Gasteiger partial charge < -0.3 is 24.1 Å². The van der Waals surface area contributed by atoms with Crippen LogP contribution < -0.4 is 0 Å². The Balaban J connectivity index is 0.00000544. The summed E-state index contributed by atoms with van der Waals surface area (Å²) in [5, 5.41) is 9.67. The molecule has 0 aromatic heterocycles. The van der Waals surface area contributed by atoms with Crippen molar-refractivity contribution in [2.24, 2.45) is 17.3 Å². The molecular formula is C27H52O6. The van der Waals surface area contributed by atoms with Crippen LogP contribution in [0, 0.1) is 17.3 Å². The molecule has 2 rings (SSSR count). The highest BCUT2D eigenvalue weighted by Crippen LogP contribution is 2.39. The molecule has 0 saturated carbocycles. The number of hydrogen-bond acceptors (Lipinski definition) is 6. The largest absolute Gasteiger partial charge is 0.393 e. The van der Waals surface area contributed by atoms with E-state index in [1.54, 1.807) is 0 Å². The Morgan fingerprint density at radius 1 is 1.15 bits per heavy atom. The van der Waals surface area contributed by atoms with Gasteiger partial charge >= 0.3 is 0 Å². The lowest BCUT2D eigenvalue weighted by atomic mass is 9.71. The molecule has 2 heterocycles. The molecule has 0 aromatic rings. The number of carbonyl (C=O) groups excluding carboxylic acids is 1. The van der Waals surface area contributed by atoms with E-state index in [9.17, 15) is 9.90 Å². The molecule has 6 nitrogen and oxygen atoms in total. The molecular weight excluding hydrogens is 420 g/mol. The molecule has 0 amide bonds. The van der Waals surface area contributed by atoms with Crippen LogP contribution in [0.3, 0.4) is 0 Å². The second-order valence-corrected chi connectivity index (χ2v) is 10.9. The summed E-state index contributed by atoms with van der Waals surface area (Å²) in [5.74, 6) is -0.518. The number of carbonyl (C=O) groups is 1. The monoisotopic (exact) mass is 472 g/mol. The Kier molecular flexibility index (Phi) is 12.5. The molecule has 0 aliphatic carbocycles. The molecule has 2 saturated heterocycles. The summed E-state index contributed by atoms with van der Waals surface area (Å²) < 4.78 is 24.3. The Bertz CT molecular complexity index is 567. The smallest absolute Gasteiger partial charge is 0.163 e. The maximum absolute atomic E-state index is 14.0. The van der Waals surface area contributed by atoms with Gasteiger partial charge in [-0.3, -0.25) is 4.79 Å². The zero-order chi connectivity index (χ0) is 23.9. The molecule has 2 aliphatic rings. The van der Waals surface area contributed by atoms with Crippen molar-refractivity contribution >= 4 is 5.78 Å². The molecule has 3 unspecified atom stereocenters. The minimum atomic E-state index is -0.678. The summed E-state index contributed by atoms with van der Waals surface area (Å²) in [6.45, 7) is 15.2. The Labute approximate surface area is 203 Å². The maximum atomic E-state index is 14.0. The van der Waals surface area contributed by atoms with Crippen LogP contribution in [-0.4, -0.2) is 54.5 Å². The first-order valence-electron chi connectivity index (χ1n) is 12.8. The highest BCUT2D eigenvalue weighted by Gasteiger charge is 2.47. The Hall–Kier alpha value is -0.530. The molecule has 196 valence electrons. The molecule has 2 fully saturated rings. The summed E-state index contributed by atoms with van der Waals surface area (Å²) in [5.41, 5.74) is -0.643. The normalized spacial score (nSPS) is 27.2. The predicted octanol–water partition coefficient (Wildman–Crippen LogP) is 5.88. The number of aliphatic hydroxyl groups is 1. The summed E-state index contributed by atoms with van der Waals surface area (Å²) in [6, 6.07) is 0. The molecule has 33 heavy (non-hydrogen) atoms. The zero-order valence-electron chi connectivity index (χ0n) is 21.5. The van der Waals surface area contributed by atoms with Gasteiger partial charge in [0.1, 0.15) is 5.78 Å². The number of ketones is 1. The van der Waals surface area contributed by atoms with Crippen LogP contribution in [-0.2, 0) is 23.7 Å². The van der Waals surface area contributed by atoms with E-state index in [1.807, 2.05) is 34.6 Å². The number of rotatable bonds is 12. The quantitative estimate of drug-likeness (QED) is 0.382. The van der Waals surface area contributed by atoms with Crippen molar-refractivity contribution in [2.45, 2.75) is 138 Å². The molecule has 6 heteroatoms. The van der Waals surface area contributed by atoms with Gasteiger partial charge in [0.15, 0.2) is 12.1 Å². The van der Waals surface area contributed by atoms with Crippen molar-refractivity contribution in [1.29, 1.82) is 0 Å². The fraction of sp³-hybridized carbons (Fsp3) is 0.963. The SMILES string of the molecule is C.CC[C@@H](C(=O)C(C)(C)[C@@H]1CCOC(C)(C)O1)C(OC1CCCCO1)[C@@H](C)CCCC(C)O. The van der Waals surface area contributed by atoms with Crippen molar-refractivity contribution in [3.63, 3.8) is 0 Å². The van der Waals surface area contributed by atoms with Crippen molar-refractivity contribution < 1.29 is 28.8 Å². The van der Waals surface area contributed by atoms with Crippen LogP contribution in [0.1, 0.15) is 107 Å². The lowest BCUT2D eigenvalue weighted by Gasteiger charge is -2.45. The number of Topliss-reactive ketones (excluding diaryl/α,β-unsaturated/α-hetero) is 1. The van der Waals surface area contributed by atoms with E-state index < -0.39 is 11.2 Å². The maximum Gasteiger partial charge on any atom is 0.163 e. The first-order valence-corrected chi connectivity index (χ1v) is 12.8. The lowest BCUT2D eigenvalue weighted by Crippen LogP contribution is -2.52. The van der Waals surface area contributed by atoms with Crippen molar-refractivity contribution in [3.8, 4) is 0 Å². The first-order chi connectivity index (χ1) is 15.0. The molecule has 2 aliphatic heterocycles. The molecule has 6 atom stereocenters. The van der Waals surface area contributed by atoms with Crippen LogP contribution in [0.15, 0.2) is 0 Å². The van der Waals surface area contributed by atoms with E-state index in [1.165, 1.54) is 0 Å². The Morgan fingerprint density at radius 2 is 1.85 bits per heavy atom. The highest BCUT2D eigenvalue weighted by molar-refractivity contribution is 5.87. The van der Waals surface area contributed by atoms with Crippen molar-refractivity contribution in [1.82, 2.24) is 0 Å². The third kappa shape index (κ3) is 8.88. The van der Waals surface area contributed by atoms with Crippen molar-refractivity contribution in [3.05, 3.63) is 0 Å². The van der Waals surface area contributed by atoms with Gasteiger partial charge in [-0.15, -0.1) is 0 Å². The summed E-state index contributed by atoms with van der Waals surface area (Å²) in [6.07, 6.45) is 6.09. The number of ether oxygens (including phenoxy) is 4. The van der Waals surface area contributed by atoms with Gasteiger partial charge in [-0.1, -0.05) is 41.5 Å². The van der Waals surface area contributed by atoms with E-state index in [0.29, 0.717) is 19.4 Å². The van der Waals surface area contributed by atoms with Gasteiger partial charge in [-0.25, -0.2) is 0 Å².